The summed E-state index contributed by atoms with van der Waals surface area (Å²) in [5, 5.41) is 0. The van der Waals surface area contributed by atoms with Gasteiger partial charge in [0.25, 0.3) is 5.56 Å². The first-order valence-corrected chi connectivity index (χ1v) is 9.50. The van der Waals surface area contributed by atoms with Gasteiger partial charge in [-0.15, -0.1) is 0 Å². The molecule has 0 N–H and O–H groups in total. The Morgan fingerprint density at radius 2 is 1.64 bits per heavy atom. The second-order valence-corrected chi connectivity index (χ2v) is 6.91. The molecule has 0 spiro atoms. The van der Waals surface area contributed by atoms with Crippen LogP contribution in [0.2, 0.25) is 0 Å². The molecule has 0 atom stereocenters. The number of unbranched alkanes of at least 4 members (excludes halogenated alkanes) is 2. The van der Waals surface area contributed by atoms with Crippen LogP contribution in [0, 0.1) is 0 Å². The van der Waals surface area contributed by atoms with Gasteiger partial charge in [0, 0.05) is 17.5 Å². The number of aromatic nitrogens is 1. The van der Waals surface area contributed by atoms with Crippen LogP contribution < -0.4 is 10.4 Å². The van der Waals surface area contributed by atoms with Crippen LogP contribution in [-0.4, -0.2) is 4.57 Å². The lowest BCUT2D eigenvalue weighted by molar-refractivity contribution is 0.576. The maximum absolute atomic E-state index is 12.7. The molecule has 4 heteroatoms. The van der Waals surface area contributed by atoms with E-state index in [1.807, 2.05) is 60.7 Å². The van der Waals surface area contributed by atoms with Gasteiger partial charge in [0.05, 0.1) is 5.69 Å². The molecule has 0 amide bonds. The van der Waals surface area contributed by atoms with Crippen molar-refractivity contribution in [1.82, 2.24) is 4.57 Å². The van der Waals surface area contributed by atoms with Crippen molar-refractivity contribution in [2.75, 3.05) is 0 Å². The zero-order chi connectivity index (χ0) is 17.5. The Kier molecular flexibility index (Phi) is 5.96. The topological polar surface area (TPSA) is 34.4 Å². The normalized spacial score (nSPS) is 11.6. The van der Waals surface area contributed by atoms with Gasteiger partial charge in [-0.3, -0.25) is 9.36 Å². The third kappa shape index (κ3) is 4.54. The predicted octanol–water partition coefficient (Wildman–Crippen LogP) is 5.00. The van der Waals surface area contributed by atoms with Crippen LogP contribution in [-0.2, 0) is 6.54 Å². The van der Waals surface area contributed by atoms with E-state index in [1.165, 1.54) is 0 Å². The Morgan fingerprint density at radius 3 is 2.32 bits per heavy atom. The second kappa shape index (κ2) is 8.58. The van der Waals surface area contributed by atoms with Crippen LogP contribution in [0.1, 0.15) is 26.2 Å². The molecule has 3 nitrogen and oxygen atoms in total. The molecular formula is C21H22N2OS. The van der Waals surface area contributed by atoms with Crippen molar-refractivity contribution in [3.8, 4) is 10.4 Å². The monoisotopic (exact) mass is 350 g/mol. The molecule has 0 unspecified atom stereocenters. The van der Waals surface area contributed by atoms with E-state index in [0.29, 0.717) is 6.54 Å². The third-order valence-corrected chi connectivity index (χ3v) is 5.04. The Balaban J connectivity index is 2.12. The van der Waals surface area contributed by atoms with Crippen molar-refractivity contribution in [2.45, 2.75) is 32.7 Å². The number of hydrogen-bond donors (Lipinski definition) is 0. The molecule has 0 saturated heterocycles. The molecule has 0 aliphatic heterocycles. The van der Waals surface area contributed by atoms with Crippen LogP contribution in [0.3, 0.4) is 0 Å². The number of benzene rings is 2. The molecule has 1 heterocycles. The first kappa shape index (κ1) is 17.4. The highest BCUT2D eigenvalue weighted by atomic mass is 32.1. The van der Waals surface area contributed by atoms with Crippen LogP contribution in [0.4, 0.5) is 5.69 Å². The quantitative estimate of drug-likeness (QED) is 0.576. The van der Waals surface area contributed by atoms with Gasteiger partial charge in [-0.1, -0.05) is 79.6 Å². The summed E-state index contributed by atoms with van der Waals surface area (Å²) in [6.07, 6.45) is 3.23. The standard InChI is InChI=1S/C21H22N2OS/c1-2-3-10-15-23-20(24)16-19(17-11-6-4-7-12-17)25-21(23)22-18-13-8-5-9-14-18/h4-9,11-14,16H,2-3,10,15H2,1H3. The van der Waals surface area contributed by atoms with Crippen LogP contribution >= 0.6 is 11.3 Å². The molecule has 3 rings (SSSR count). The summed E-state index contributed by atoms with van der Waals surface area (Å²) in [7, 11) is 0. The molecule has 0 radical (unpaired) electrons. The van der Waals surface area contributed by atoms with E-state index >= 15 is 0 Å². The van der Waals surface area contributed by atoms with Gasteiger partial charge in [-0.05, 0) is 24.1 Å². The summed E-state index contributed by atoms with van der Waals surface area (Å²) >= 11 is 1.57. The molecule has 0 aliphatic carbocycles. The molecule has 25 heavy (non-hydrogen) atoms. The Labute approximate surface area is 152 Å². The first-order chi connectivity index (χ1) is 12.3. The maximum atomic E-state index is 12.7. The smallest absolute Gasteiger partial charge is 0.254 e. The zero-order valence-electron chi connectivity index (χ0n) is 14.4. The molecular weight excluding hydrogens is 328 g/mol. The zero-order valence-corrected chi connectivity index (χ0v) is 15.2. The number of rotatable bonds is 6. The number of hydrogen-bond acceptors (Lipinski definition) is 3. The summed E-state index contributed by atoms with van der Waals surface area (Å²) < 4.78 is 1.81. The fraction of sp³-hybridized carbons (Fsp3) is 0.238. The van der Waals surface area contributed by atoms with E-state index in [1.54, 1.807) is 22.0 Å². The fourth-order valence-electron chi connectivity index (χ4n) is 2.63. The van der Waals surface area contributed by atoms with Crippen molar-refractivity contribution in [3.63, 3.8) is 0 Å². The van der Waals surface area contributed by atoms with E-state index in [9.17, 15) is 4.79 Å². The summed E-state index contributed by atoms with van der Waals surface area (Å²) in [5.74, 6) is 0. The van der Waals surface area contributed by atoms with Gasteiger partial charge in [-0.2, -0.15) is 0 Å². The van der Waals surface area contributed by atoms with Gasteiger partial charge in [0.15, 0.2) is 4.80 Å². The molecule has 0 bridgehead atoms. The van der Waals surface area contributed by atoms with Gasteiger partial charge in [-0.25, -0.2) is 4.99 Å². The number of nitrogens with zero attached hydrogens (tertiary/aromatic N) is 2. The SMILES string of the molecule is CCCCCn1c(=O)cc(-c2ccccc2)sc1=Nc1ccccc1. The average molecular weight is 350 g/mol. The number of para-hydroxylation sites is 1. The molecule has 1 aromatic heterocycles. The Bertz CT molecular complexity index is 927. The van der Waals surface area contributed by atoms with E-state index in [4.69, 9.17) is 4.99 Å². The maximum Gasteiger partial charge on any atom is 0.254 e. The summed E-state index contributed by atoms with van der Waals surface area (Å²) in [6, 6.07) is 21.6. The minimum absolute atomic E-state index is 0.0170. The van der Waals surface area contributed by atoms with E-state index in [-0.39, 0.29) is 5.56 Å². The summed E-state index contributed by atoms with van der Waals surface area (Å²) in [5.41, 5.74) is 1.94. The van der Waals surface area contributed by atoms with Crippen molar-refractivity contribution in [1.29, 1.82) is 0 Å². The fourth-order valence-corrected chi connectivity index (χ4v) is 3.69. The van der Waals surface area contributed by atoms with Crippen LogP contribution in [0.25, 0.3) is 10.4 Å². The molecule has 0 fully saturated rings. The average Bonchev–Trinajstić information content (AvgIpc) is 2.65. The molecule has 0 saturated carbocycles. The van der Waals surface area contributed by atoms with E-state index < -0.39 is 0 Å². The van der Waals surface area contributed by atoms with Gasteiger partial charge in [0.2, 0.25) is 0 Å². The molecule has 2 aromatic carbocycles. The minimum atomic E-state index is 0.0170. The van der Waals surface area contributed by atoms with Crippen molar-refractivity contribution in [2.24, 2.45) is 4.99 Å². The Morgan fingerprint density at radius 1 is 0.960 bits per heavy atom. The van der Waals surface area contributed by atoms with Crippen LogP contribution in [0.15, 0.2) is 76.5 Å². The van der Waals surface area contributed by atoms with Crippen LogP contribution in [0.5, 0.6) is 0 Å². The van der Waals surface area contributed by atoms with Gasteiger partial charge >= 0.3 is 0 Å². The highest BCUT2D eigenvalue weighted by molar-refractivity contribution is 7.12. The van der Waals surface area contributed by atoms with Gasteiger partial charge < -0.3 is 0 Å². The molecule has 3 aromatic rings. The minimum Gasteiger partial charge on any atom is -0.284 e. The lowest BCUT2D eigenvalue weighted by Gasteiger charge is -2.08. The lowest BCUT2D eigenvalue weighted by Crippen LogP contribution is -2.31. The van der Waals surface area contributed by atoms with E-state index in [2.05, 4.69) is 6.92 Å². The van der Waals surface area contributed by atoms with Crippen molar-refractivity contribution >= 4 is 17.0 Å². The summed E-state index contributed by atoms with van der Waals surface area (Å²) in [4.78, 5) is 19.2. The van der Waals surface area contributed by atoms with E-state index in [0.717, 1.165) is 40.2 Å². The Hall–Kier alpha value is -2.46. The highest BCUT2D eigenvalue weighted by Gasteiger charge is 2.06. The highest BCUT2D eigenvalue weighted by Crippen LogP contribution is 2.20. The van der Waals surface area contributed by atoms with Gasteiger partial charge in [0.1, 0.15) is 0 Å². The molecule has 128 valence electrons. The van der Waals surface area contributed by atoms with Crippen molar-refractivity contribution in [3.05, 3.63) is 81.9 Å². The largest absolute Gasteiger partial charge is 0.284 e. The summed E-state index contributed by atoms with van der Waals surface area (Å²) in [6.45, 7) is 2.88. The predicted molar refractivity (Wildman–Crippen MR) is 105 cm³/mol. The first-order valence-electron chi connectivity index (χ1n) is 8.68. The second-order valence-electron chi connectivity index (χ2n) is 5.90. The molecule has 0 aliphatic rings. The van der Waals surface area contributed by atoms with Crippen molar-refractivity contribution < 1.29 is 0 Å². The third-order valence-electron chi connectivity index (χ3n) is 3.98. The lowest BCUT2D eigenvalue weighted by atomic mass is 10.2.